The third-order valence-electron chi connectivity index (χ3n) is 8.92. The highest BCUT2D eigenvalue weighted by Crippen LogP contribution is 2.41. The molecule has 48 heavy (non-hydrogen) atoms. The fourth-order valence-corrected chi connectivity index (χ4v) is 6.59. The Hall–Kier alpha value is -4.71. The summed E-state index contributed by atoms with van der Waals surface area (Å²) in [6, 6.07) is 27.1. The number of non-ortho nitro benzene ring substituents is 1. The van der Waals surface area contributed by atoms with E-state index in [2.05, 4.69) is 63.3 Å². The number of aliphatic imine (C=N–C) groups is 1. The Balaban J connectivity index is 1.27. The van der Waals surface area contributed by atoms with E-state index in [1.807, 2.05) is 12.1 Å². The first-order valence-corrected chi connectivity index (χ1v) is 16.2. The summed E-state index contributed by atoms with van der Waals surface area (Å²) in [6.07, 6.45) is 0. The van der Waals surface area contributed by atoms with Crippen LogP contribution in [0, 0.1) is 16.0 Å². The maximum atomic E-state index is 13.8. The first kappa shape index (κ1) is 34.6. The molecule has 0 aromatic heterocycles. The van der Waals surface area contributed by atoms with E-state index >= 15 is 0 Å². The summed E-state index contributed by atoms with van der Waals surface area (Å²) in [4.78, 5) is 47.5. The second kappa shape index (κ2) is 16.4. The molecule has 1 fully saturated rings. The molecule has 2 unspecified atom stereocenters. The zero-order valence-corrected chi connectivity index (χ0v) is 27.6. The van der Waals surface area contributed by atoms with Crippen molar-refractivity contribution in [3.05, 3.63) is 123 Å². The van der Waals surface area contributed by atoms with Gasteiger partial charge in [-0.3, -0.25) is 29.7 Å². The van der Waals surface area contributed by atoms with Crippen LogP contribution in [0.2, 0.25) is 0 Å². The molecule has 3 aromatic rings. The summed E-state index contributed by atoms with van der Waals surface area (Å²) in [5.41, 5.74) is 3.82. The normalized spacial score (nSPS) is 18.8. The number of benzene rings is 3. The largest absolute Gasteiger partial charge is 0.463 e. The number of rotatable bonds is 13. The van der Waals surface area contributed by atoms with Gasteiger partial charge in [0.1, 0.15) is 19.1 Å². The number of esters is 2. The molecule has 0 radical (unpaired) electrons. The van der Waals surface area contributed by atoms with Gasteiger partial charge < -0.3 is 14.2 Å². The lowest BCUT2D eigenvalue weighted by molar-refractivity contribution is -0.384. The van der Waals surface area contributed by atoms with Gasteiger partial charge in [0.2, 0.25) is 0 Å². The van der Waals surface area contributed by atoms with Crippen LogP contribution in [0.4, 0.5) is 5.69 Å². The van der Waals surface area contributed by atoms with Gasteiger partial charge in [-0.25, -0.2) is 4.79 Å². The molecule has 0 N–H and O–H groups in total. The summed E-state index contributed by atoms with van der Waals surface area (Å²) in [6.45, 7) is 7.61. The highest BCUT2D eigenvalue weighted by Gasteiger charge is 2.43. The predicted molar refractivity (Wildman–Crippen MR) is 182 cm³/mol. The molecule has 0 amide bonds. The van der Waals surface area contributed by atoms with Crippen molar-refractivity contribution in [2.24, 2.45) is 10.9 Å². The fourth-order valence-electron chi connectivity index (χ4n) is 6.59. The number of nitro benzene ring substituents is 1. The van der Waals surface area contributed by atoms with Crippen LogP contribution in [0.5, 0.6) is 0 Å². The average molecular weight is 655 g/mol. The summed E-state index contributed by atoms with van der Waals surface area (Å²) in [5.74, 6) is -3.04. The van der Waals surface area contributed by atoms with Gasteiger partial charge in [-0.05, 0) is 30.5 Å². The molecular weight excluding hydrogens is 612 g/mol. The van der Waals surface area contributed by atoms with E-state index in [4.69, 9.17) is 14.2 Å². The zero-order chi connectivity index (χ0) is 34.0. The van der Waals surface area contributed by atoms with E-state index in [1.54, 1.807) is 26.0 Å². The molecule has 0 bridgehead atoms. The van der Waals surface area contributed by atoms with Crippen molar-refractivity contribution in [1.29, 1.82) is 0 Å². The highest BCUT2D eigenvalue weighted by atomic mass is 16.6. The topological polar surface area (TPSA) is 124 Å². The van der Waals surface area contributed by atoms with Crippen LogP contribution < -0.4 is 0 Å². The van der Waals surface area contributed by atoms with Gasteiger partial charge in [-0.1, -0.05) is 72.8 Å². The molecule has 0 aliphatic carbocycles. The van der Waals surface area contributed by atoms with Crippen molar-refractivity contribution in [3.63, 3.8) is 0 Å². The number of methoxy groups -OCH3 is 1. The maximum absolute atomic E-state index is 13.8. The standard InChI is InChI=1S/C37H42N4O7/c1-26-32(34(30-15-10-16-31(25-30)41(44)45)33(27(2)38-26)37(43)48-24-23-46-3)36(42)47-22-21-39-17-19-40(20-18-39)35(28-11-6-4-7-12-28)29-13-8-5-9-14-29/h4-16,25,33-35H,17-24H2,1-3H3. The lowest BCUT2D eigenvalue weighted by atomic mass is 9.75. The summed E-state index contributed by atoms with van der Waals surface area (Å²) >= 11 is 0. The van der Waals surface area contributed by atoms with Crippen LogP contribution in [-0.2, 0) is 23.8 Å². The minimum atomic E-state index is -0.967. The first-order chi connectivity index (χ1) is 23.3. The van der Waals surface area contributed by atoms with Crippen LogP contribution >= 0.6 is 0 Å². The molecule has 0 saturated carbocycles. The molecule has 252 valence electrons. The average Bonchev–Trinajstić information content (AvgIpc) is 3.09. The molecule has 2 atom stereocenters. The molecule has 0 spiro atoms. The summed E-state index contributed by atoms with van der Waals surface area (Å²) in [5, 5.41) is 11.6. The molecule has 5 rings (SSSR count). The highest BCUT2D eigenvalue weighted by molar-refractivity contribution is 6.07. The van der Waals surface area contributed by atoms with E-state index in [-0.39, 0.29) is 37.1 Å². The number of allylic oxidation sites excluding steroid dienone is 1. The lowest BCUT2D eigenvalue weighted by Gasteiger charge is -2.39. The van der Waals surface area contributed by atoms with Crippen molar-refractivity contribution in [1.82, 2.24) is 9.80 Å². The van der Waals surface area contributed by atoms with Crippen molar-refractivity contribution in [2.75, 3.05) is 59.7 Å². The monoisotopic (exact) mass is 654 g/mol. The van der Waals surface area contributed by atoms with Gasteiger partial charge in [-0.2, -0.15) is 0 Å². The molecule has 11 heteroatoms. The Morgan fingerprint density at radius 1 is 0.875 bits per heavy atom. The Labute approximate surface area is 281 Å². The number of ether oxygens (including phenoxy) is 3. The van der Waals surface area contributed by atoms with Gasteiger partial charge >= 0.3 is 11.9 Å². The molecule has 2 heterocycles. The predicted octanol–water partition coefficient (Wildman–Crippen LogP) is 5.18. The van der Waals surface area contributed by atoms with Crippen molar-refractivity contribution in [2.45, 2.75) is 25.8 Å². The van der Waals surface area contributed by atoms with Crippen molar-refractivity contribution in [3.8, 4) is 0 Å². The van der Waals surface area contributed by atoms with Gasteiger partial charge in [0.05, 0.1) is 23.1 Å². The van der Waals surface area contributed by atoms with Crippen LogP contribution in [-0.4, -0.2) is 92.0 Å². The molecule has 2 aliphatic heterocycles. The van der Waals surface area contributed by atoms with Crippen LogP contribution in [0.25, 0.3) is 0 Å². The van der Waals surface area contributed by atoms with Crippen LogP contribution in [0.3, 0.4) is 0 Å². The van der Waals surface area contributed by atoms with E-state index in [0.29, 0.717) is 23.5 Å². The minimum Gasteiger partial charge on any atom is -0.463 e. The molecule has 11 nitrogen and oxygen atoms in total. The van der Waals surface area contributed by atoms with Gasteiger partial charge in [0, 0.05) is 69.3 Å². The number of nitro groups is 1. The smallest absolute Gasteiger partial charge is 0.336 e. The Kier molecular flexibility index (Phi) is 11.8. The Bertz CT molecular complexity index is 1600. The van der Waals surface area contributed by atoms with Gasteiger partial charge in [0.15, 0.2) is 0 Å². The number of carbonyl (C=O) groups is 2. The SMILES string of the molecule is COCCOC(=O)C1C(C)=NC(C)=C(C(=O)OCCN2CCN(C(c3ccccc3)c3ccccc3)CC2)C1c1cccc([N+](=O)[O-])c1. The van der Waals surface area contributed by atoms with Crippen molar-refractivity contribution >= 4 is 23.3 Å². The van der Waals surface area contributed by atoms with E-state index in [0.717, 1.165) is 26.2 Å². The quantitative estimate of drug-likeness (QED) is 0.106. The third kappa shape index (κ3) is 8.22. The van der Waals surface area contributed by atoms with Crippen LogP contribution in [0.1, 0.15) is 42.5 Å². The molecule has 1 saturated heterocycles. The fraction of sp³-hybridized carbons (Fsp3) is 0.378. The van der Waals surface area contributed by atoms with E-state index in [9.17, 15) is 19.7 Å². The number of hydrogen-bond acceptors (Lipinski definition) is 10. The second-order valence-electron chi connectivity index (χ2n) is 12.0. The number of hydrogen-bond donors (Lipinski definition) is 0. The second-order valence-corrected chi connectivity index (χ2v) is 12.0. The first-order valence-electron chi connectivity index (χ1n) is 16.2. The maximum Gasteiger partial charge on any atom is 0.336 e. The third-order valence-corrected chi connectivity index (χ3v) is 8.92. The Morgan fingerprint density at radius 3 is 2.12 bits per heavy atom. The molecule has 2 aliphatic rings. The minimum absolute atomic E-state index is 0.0218. The number of piperazine rings is 1. The molecule has 3 aromatic carbocycles. The summed E-state index contributed by atoms with van der Waals surface area (Å²) in [7, 11) is 1.50. The van der Waals surface area contributed by atoms with E-state index in [1.165, 1.54) is 30.4 Å². The zero-order valence-electron chi connectivity index (χ0n) is 27.6. The van der Waals surface area contributed by atoms with Crippen molar-refractivity contribution < 1.29 is 28.7 Å². The van der Waals surface area contributed by atoms with Crippen LogP contribution in [0.15, 0.2) is 101 Å². The van der Waals surface area contributed by atoms with E-state index < -0.39 is 28.7 Å². The molecular formula is C37H42N4O7. The van der Waals surface area contributed by atoms with Gasteiger partial charge in [-0.15, -0.1) is 0 Å². The Morgan fingerprint density at radius 2 is 1.52 bits per heavy atom. The number of nitrogens with zero attached hydrogens (tertiary/aromatic N) is 4. The van der Waals surface area contributed by atoms with Gasteiger partial charge in [0.25, 0.3) is 5.69 Å². The summed E-state index contributed by atoms with van der Waals surface area (Å²) < 4.78 is 16.3. The number of carbonyl (C=O) groups excluding carboxylic acids is 2. The lowest BCUT2D eigenvalue weighted by Crippen LogP contribution is -2.48.